The van der Waals surface area contributed by atoms with Crippen molar-refractivity contribution < 1.29 is 4.79 Å². The van der Waals surface area contributed by atoms with Crippen molar-refractivity contribution in [1.82, 2.24) is 25.0 Å². The maximum atomic E-state index is 12.4. The van der Waals surface area contributed by atoms with Crippen LogP contribution in [0.15, 0.2) is 24.5 Å². The predicted octanol–water partition coefficient (Wildman–Crippen LogP) is 1.76. The second kappa shape index (κ2) is 8.18. The van der Waals surface area contributed by atoms with Gasteiger partial charge in [0.15, 0.2) is 0 Å². The van der Waals surface area contributed by atoms with Crippen LogP contribution in [0.3, 0.4) is 0 Å². The van der Waals surface area contributed by atoms with Gasteiger partial charge in [0, 0.05) is 44.5 Å². The molecule has 7 nitrogen and oxygen atoms in total. The molecule has 140 valence electrons. The maximum Gasteiger partial charge on any atom is 0.223 e. The second-order valence-electron chi connectivity index (χ2n) is 7.06. The number of nitrogens with zero attached hydrogens (tertiary/aromatic N) is 5. The average Bonchev–Trinajstić information content (AvgIpc) is 3.42. The Hall–Kier alpha value is -1.93. The minimum Gasteiger partial charge on any atom is -0.355 e. The van der Waals surface area contributed by atoms with Crippen LogP contribution in [0.5, 0.6) is 0 Å². The van der Waals surface area contributed by atoms with Crippen LogP contribution in [-0.4, -0.2) is 64.8 Å². The van der Waals surface area contributed by atoms with Crippen molar-refractivity contribution in [2.24, 2.45) is 5.92 Å². The van der Waals surface area contributed by atoms with Gasteiger partial charge in [0.25, 0.3) is 0 Å². The van der Waals surface area contributed by atoms with Gasteiger partial charge >= 0.3 is 0 Å². The van der Waals surface area contributed by atoms with Gasteiger partial charge in [-0.15, -0.1) is 10.2 Å². The van der Waals surface area contributed by atoms with Crippen molar-refractivity contribution in [2.75, 3.05) is 44.2 Å². The van der Waals surface area contributed by atoms with Crippen LogP contribution >= 0.6 is 11.3 Å². The molecule has 26 heavy (non-hydrogen) atoms. The van der Waals surface area contributed by atoms with Crippen molar-refractivity contribution >= 4 is 22.4 Å². The summed E-state index contributed by atoms with van der Waals surface area (Å²) in [6.45, 7) is 5.85. The highest BCUT2D eigenvalue weighted by atomic mass is 32.1. The SMILES string of the molecule is O=C(NCCN1CCCC1)C1CCN(c2nnc(-n3cccc3)s2)CC1. The third kappa shape index (κ3) is 4.07. The van der Waals surface area contributed by atoms with Crippen LogP contribution in [0.25, 0.3) is 5.13 Å². The van der Waals surface area contributed by atoms with Crippen molar-refractivity contribution in [3.8, 4) is 5.13 Å². The lowest BCUT2D eigenvalue weighted by Crippen LogP contribution is -2.42. The molecule has 0 bridgehead atoms. The fourth-order valence-electron chi connectivity index (χ4n) is 3.72. The van der Waals surface area contributed by atoms with Crippen LogP contribution < -0.4 is 10.2 Å². The maximum absolute atomic E-state index is 12.4. The zero-order valence-electron chi connectivity index (χ0n) is 15.0. The van der Waals surface area contributed by atoms with Gasteiger partial charge < -0.3 is 15.1 Å². The second-order valence-corrected chi connectivity index (χ2v) is 7.99. The van der Waals surface area contributed by atoms with E-state index in [9.17, 15) is 4.79 Å². The summed E-state index contributed by atoms with van der Waals surface area (Å²) in [5.74, 6) is 0.343. The first-order chi connectivity index (χ1) is 12.8. The topological polar surface area (TPSA) is 66.3 Å². The number of hydrogen-bond acceptors (Lipinski definition) is 6. The number of anilines is 1. The molecule has 0 spiro atoms. The van der Waals surface area contributed by atoms with Crippen molar-refractivity contribution in [2.45, 2.75) is 25.7 Å². The van der Waals surface area contributed by atoms with E-state index < -0.39 is 0 Å². The molecule has 1 amide bonds. The Morgan fingerprint density at radius 3 is 2.50 bits per heavy atom. The minimum atomic E-state index is 0.127. The lowest BCUT2D eigenvalue weighted by atomic mass is 9.96. The summed E-state index contributed by atoms with van der Waals surface area (Å²) in [5.41, 5.74) is 0. The largest absolute Gasteiger partial charge is 0.355 e. The van der Waals surface area contributed by atoms with Gasteiger partial charge in [-0.2, -0.15) is 0 Å². The van der Waals surface area contributed by atoms with Gasteiger partial charge in [-0.1, -0.05) is 11.3 Å². The highest BCUT2D eigenvalue weighted by molar-refractivity contribution is 7.17. The minimum absolute atomic E-state index is 0.127. The molecule has 0 radical (unpaired) electrons. The molecule has 0 unspecified atom stereocenters. The molecule has 2 aliphatic heterocycles. The third-order valence-electron chi connectivity index (χ3n) is 5.29. The number of carbonyl (C=O) groups excluding carboxylic acids is 1. The van der Waals surface area contributed by atoms with E-state index in [1.165, 1.54) is 25.9 Å². The molecule has 1 N–H and O–H groups in total. The molecule has 0 saturated carbocycles. The molecule has 0 aliphatic carbocycles. The molecule has 0 aromatic carbocycles. The standard InChI is InChI=1S/C18H26N6OS/c25-16(19-7-14-22-8-1-2-9-22)15-5-12-24(13-6-15)18-21-20-17(26-18)23-10-3-4-11-23/h3-4,10-11,15H,1-2,5-9,12-14H2,(H,19,25). The van der Waals surface area contributed by atoms with E-state index in [2.05, 4.69) is 25.3 Å². The first-order valence-corrected chi connectivity index (χ1v) is 10.3. The van der Waals surface area contributed by atoms with E-state index >= 15 is 0 Å². The smallest absolute Gasteiger partial charge is 0.223 e. The fraction of sp³-hybridized carbons (Fsp3) is 0.611. The van der Waals surface area contributed by atoms with Gasteiger partial charge in [0.1, 0.15) is 0 Å². The van der Waals surface area contributed by atoms with E-state index in [4.69, 9.17) is 0 Å². The Bertz CT molecular complexity index is 701. The first-order valence-electron chi connectivity index (χ1n) is 9.51. The zero-order valence-corrected chi connectivity index (χ0v) is 15.8. The Kier molecular flexibility index (Phi) is 5.50. The summed E-state index contributed by atoms with van der Waals surface area (Å²) in [7, 11) is 0. The van der Waals surface area contributed by atoms with Crippen LogP contribution in [0.4, 0.5) is 5.13 Å². The summed E-state index contributed by atoms with van der Waals surface area (Å²) in [6.07, 6.45) is 8.31. The molecule has 2 aromatic rings. The Morgan fingerprint density at radius 2 is 1.77 bits per heavy atom. The van der Waals surface area contributed by atoms with Gasteiger partial charge in [-0.25, -0.2) is 0 Å². The summed E-state index contributed by atoms with van der Waals surface area (Å²) >= 11 is 1.60. The predicted molar refractivity (Wildman–Crippen MR) is 103 cm³/mol. The monoisotopic (exact) mass is 374 g/mol. The van der Waals surface area contributed by atoms with E-state index in [-0.39, 0.29) is 11.8 Å². The molecule has 8 heteroatoms. The zero-order chi connectivity index (χ0) is 17.8. The van der Waals surface area contributed by atoms with Crippen molar-refractivity contribution in [3.05, 3.63) is 24.5 Å². The average molecular weight is 375 g/mol. The highest BCUT2D eigenvalue weighted by Gasteiger charge is 2.26. The summed E-state index contributed by atoms with van der Waals surface area (Å²) in [5, 5.41) is 13.6. The van der Waals surface area contributed by atoms with E-state index in [0.29, 0.717) is 0 Å². The lowest BCUT2D eigenvalue weighted by Gasteiger charge is -2.30. The van der Waals surface area contributed by atoms with Crippen molar-refractivity contribution in [1.29, 1.82) is 0 Å². The third-order valence-corrected chi connectivity index (χ3v) is 6.29. The Labute approximate surface area is 158 Å². The molecular weight excluding hydrogens is 348 g/mol. The Balaban J connectivity index is 1.23. The number of aromatic nitrogens is 3. The number of rotatable bonds is 6. The normalized spacial score (nSPS) is 19.2. The molecule has 2 saturated heterocycles. The number of hydrogen-bond donors (Lipinski definition) is 1. The number of amides is 1. The van der Waals surface area contributed by atoms with E-state index in [1.807, 2.05) is 29.1 Å². The molecule has 2 aromatic heterocycles. The number of carbonyl (C=O) groups is 1. The van der Waals surface area contributed by atoms with Crippen LogP contribution in [0.2, 0.25) is 0 Å². The highest BCUT2D eigenvalue weighted by Crippen LogP contribution is 2.27. The van der Waals surface area contributed by atoms with Crippen LogP contribution in [-0.2, 0) is 4.79 Å². The summed E-state index contributed by atoms with van der Waals surface area (Å²) < 4.78 is 1.97. The fourth-order valence-corrected chi connectivity index (χ4v) is 4.59. The van der Waals surface area contributed by atoms with E-state index in [0.717, 1.165) is 49.3 Å². The summed E-state index contributed by atoms with van der Waals surface area (Å²) in [4.78, 5) is 17.1. The number of piperidine rings is 1. The molecule has 4 rings (SSSR count). The summed E-state index contributed by atoms with van der Waals surface area (Å²) in [6, 6.07) is 3.96. The van der Waals surface area contributed by atoms with E-state index in [1.54, 1.807) is 11.3 Å². The lowest BCUT2D eigenvalue weighted by molar-refractivity contribution is -0.125. The first kappa shape index (κ1) is 17.5. The van der Waals surface area contributed by atoms with Gasteiger partial charge in [0.2, 0.25) is 16.2 Å². The molecule has 0 atom stereocenters. The molecule has 4 heterocycles. The molecular formula is C18H26N6OS. The van der Waals surface area contributed by atoms with Crippen LogP contribution in [0.1, 0.15) is 25.7 Å². The Morgan fingerprint density at radius 1 is 1.08 bits per heavy atom. The number of likely N-dealkylation sites (tertiary alicyclic amines) is 1. The molecule has 2 fully saturated rings. The van der Waals surface area contributed by atoms with Gasteiger partial charge in [-0.3, -0.25) is 9.36 Å². The van der Waals surface area contributed by atoms with Crippen LogP contribution in [0, 0.1) is 5.92 Å². The van der Waals surface area contributed by atoms with Gasteiger partial charge in [0.05, 0.1) is 0 Å². The van der Waals surface area contributed by atoms with Crippen molar-refractivity contribution in [3.63, 3.8) is 0 Å². The molecule has 2 aliphatic rings. The number of nitrogens with one attached hydrogen (secondary N) is 1. The van der Waals surface area contributed by atoms with Gasteiger partial charge in [-0.05, 0) is 50.9 Å². The quantitative estimate of drug-likeness (QED) is 0.835.